The molecule has 0 fully saturated rings. The lowest BCUT2D eigenvalue weighted by atomic mass is 10.1. The molecule has 0 saturated carbocycles. The van der Waals surface area contributed by atoms with E-state index in [-0.39, 0.29) is 23.7 Å². The predicted molar refractivity (Wildman–Crippen MR) is 95.6 cm³/mol. The first-order valence-electron chi connectivity index (χ1n) is 7.82. The maximum absolute atomic E-state index is 12.8. The van der Waals surface area contributed by atoms with Crippen molar-refractivity contribution in [3.8, 4) is 5.75 Å². The smallest absolute Gasteiger partial charge is 0.322 e. The van der Waals surface area contributed by atoms with Gasteiger partial charge in [-0.2, -0.15) is 4.72 Å². The van der Waals surface area contributed by atoms with Crippen molar-refractivity contribution in [1.82, 2.24) is 4.72 Å². The van der Waals surface area contributed by atoms with E-state index in [1.807, 2.05) is 0 Å². The zero-order chi connectivity index (χ0) is 19.2. The van der Waals surface area contributed by atoms with Gasteiger partial charge in [0.25, 0.3) is 0 Å². The third-order valence-electron chi connectivity index (χ3n) is 3.71. The molecule has 0 saturated heterocycles. The van der Waals surface area contributed by atoms with E-state index >= 15 is 0 Å². The summed E-state index contributed by atoms with van der Waals surface area (Å²) in [7, 11) is -1.27. The van der Waals surface area contributed by atoms with Crippen LogP contribution in [-0.2, 0) is 32.6 Å². The van der Waals surface area contributed by atoms with Crippen LogP contribution in [0.25, 0.3) is 0 Å². The molecule has 2 rings (SSSR count). The van der Waals surface area contributed by atoms with Gasteiger partial charge in [0.05, 0.1) is 13.7 Å². The summed E-state index contributed by atoms with van der Waals surface area (Å²) in [6, 6.07) is 12.1. The van der Waals surface area contributed by atoms with Crippen LogP contribution in [0.2, 0.25) is 0 Å². The molecule has 8 heteroatoms. The number of carboxylic acid groups (broad SMARTS) is 1. The van der Waals surface area contributed by atoms with Gasteiger partial charge < -0.3 is 14.6 Å². The molecule has 2 aromatic rings. The Balaban J connectivity index is 2.33. The highest BCUT2D eigenvalue weighted by Gasteiger charge is 2.28. The molecule has 26 heavy (non-hydrogen) atoms. The number of ether oxygens (including phenoxy) is 2. The SMILES string of the molecule is COCc1ccc(OC)c(S(=O)(=O)N[C@@H](Cc2ccccc2)C(=O)O)c1. The number of methoxy groups -OCH3 is 2. The van der Waals surface area contributed by atoms with Crippen LogP contribution in [0.4, 0.5) is 0 Å². The van der Waals surface area contributed by atoms with Gasteiger partial charge in [-0.1, -0.05) is 36.4 Å². The van der Waals surface area contributed by atoms with Crippen LogP contribution in [0.5, 0.6) is 5.75 Å². The standard InChI is InChI=1S/C18H21NO6S/c1-24-12-14-8-9-16(25-2)17(11-14)26(22,23)19-15(18(20)21)10-13-6-4-3-5-7-13/h3-9,11,15,19H,10,12H2,1-2H3,(H,20,21)/t15-/m0/s1. The first kappa shape index (κ1) is 19.9. The summed E-state index contributed by atoms with van der Waals surface area (Å²) in [6.07, 6.45) is 0.0233. The number of benzene rings is 2. The Morgan fingerprint density at radius 3 is 2.38 bits per heavy atom. The number of rotatable bonds is 9. The van der Waals surface area contributed by atoms with Crippen molar-refractivity contribution < 1.29 is 27.8 Å². The van der Waals surface area contributed by atoms with E-state index in [9.17, 15) is 18.3 Å². The molecule has 1 atom stereocenters. The lowest BCUT2D eigenvalue weighted by molar-refractivity contribution is -0.138. The zero-order valence-corrected chi connectivity index (χ0v) is 15.3. The van der Waals surface area contributed by atoms with E-state index in [2.05, 4.69) is 4.72 Å². The maximum atomic E-state index is 12.8. The Bertz CT molecular complexity index is 851. The molecule has 0 aliphatic carbocycles. The summed E-state index contributed by atoms with van der Waals surface area (Å²) in [6.45, 7) is 0.221. The summed E-state index contributed by atoms with van der Waals surface area (Å²) in [5.74, 6) is -1.13. The monoisotopic (exact) mass is 379 g/mol. The summed E-state index contributed by atoms with van der Waals surface area (Å²) < 4.78 is 37.9. The lowest BCUT2D eigenvalue weighted by Crippen LogP contribution is -2.42. The van der Waals surface area contributed by atoms with Gasteiger partial charge in [-0.3, -0.25) is 4.79 Å². The van der Waals surface area contributed by atoms with E-state index in [4.69, 9.17) is 9.47 Å². The Labute approximate surface area is 152 Å². The second kappa shape index (κ2) is 8.79. The summed E-state index contributed by atoms with van der Waals surface area (Å²) in [5, 5.41) is 9.43. The minimum Gasteiger partial charge on any atom is -0.495 e. The number of nitrogens with one attached hydrogen (secondary N) is 1. The molecule has 0 radical (unpaired) electrons. The molecule has 0 aliphatic rings. The fraction of sp³-hybridized carbons (Fsp3) is 0.278. The highest BCUT2D eigenvalue weighted by Crippen LogP contribution is 2.25. The quantitative estimate of drug-likeness (QED) is 0.689. The number of hydrogen-bond donors (Lipinski definition) is 2. The highest BCUT2D eigenvalue weighted by atomic mass is 32.2. The molecule has 0 aromatic heterocycles. The first-order chi connectivity index (χ1) is 12.4. The van der Waals surface area contributed by atoms with Crippen molar-refractivity contribution >= 4 is 16.0 Å². The van der Waals surface area contributed by atoms with Crippen molar-refractivity contribution in [3.63, 3.8) is 0 Å². The average Bonchev–Trinajstić information content (AvgIpc) is 2.62. The molecule has 0 amide bonds. The number of carbonyl (C=O) groups is 1. The molecule has 140 valence electrons. The van der Waals surface area contributed by atoms with Crippen LogP contribution >= 0.6 is 0 Å². The Hall–Kier alpha value is -2.42. The average molecular weight is 379 g/mol. The molecule has 7 nitrogen and oxygen atoms in total. The minimum atomic E-state index is -4.12. The molecule has 2 N–H and O–H groups in total. The third-order valence-corrected chi connectivity index (χ3v) is 5.20. The van der Waals surface area contributed by atoms with E-state index in [0.29, 0.717) is 11.1 Å². The molecule has 0 heterocycles. The molecule has 0 spiro atoms. The van der Waals surface area contributed by atoms with Crippen molar-refractivity contribution in [3.05, 3.63) is 59.7 Å². The summed E-state index contributed by atoms with van der Waals surface area (Å²) >= 11 is 0. The number of hydrogen-bond acceptors (Lipinski definition) is 5. The van der Waals surface area contributed by atoms with Crippen molar-refractivity contribution in [2.24, 2.45) is 0 Å². The number of aliphatic carboxylic acids is 1. The van der Waals surface area contributed by atoms with Gasteiger partial charge in [-0.15, -0.1) is 0 Å². The fourth-order valence-corrected chi connectivity index (χ4v) is 3.88. The van der Waals surface area contributed by atoms with Crippen LogP contribution < -0.4 is 9.46 Å². The molecule has 0 bridgehead atoms. The van der Waals surface area contributed by atoms with Gasteiger partial charge in [-0.25, -0.2) is 8.42 Å². The normalized spacial score (nSPS) is 12.5. The zero-order valence-electron chi connectivity index (χ0n) is 14.5. The van der Waals surface area contributed by atoms with E-state index < -0.39 is 22.0 Å². The van der Waals surface area contributed by atoms with Gasteiger partial charge in [0.15, 0.2) is 0 Å². The second-order valence-electron chi connectivity index (χ2n) is 5.62. The summed E-state index contributed by atoms with van der Waals surface area (Å²) in [5.41, 5.74) is 1.34. The van der Waals surface area contributed by atoms with E-state index in [1.54, 1.807) is 36.4 Å². The fourth-order valence-electron chi connectivity index (χ4n) is 2.47. The second-order valence-corrected chi connectivity index (χ2v) is 7.30. The van der Waals surface area contributed by atoms with Gasteiger partial charge in [0.2, 0.25) is 10.0 Å². The van der Waals surface area contributed by atoms with Gasteiger partial charge >= 0.3 is 5.97 Å². The Morgan fingerprint density at radius 1 is 1.12 bits per heavy atom. The Kier molecular flexibility index (Phi) is 6.73. The van der Waals surface area contributed by atoms with Gasteiger partial charge in [0, 0.05) is 7.11 Å². The van der Waals surface area contributed by atoms with Crippen LogP contribution in [-0.4, -0.2) is 39.8 Å². The highest BCUT2D eigenvalue weighted by molar-refractivity contribution is 7.89. The minimum absolute atomic E-state index is 0.0233. The Morgan fingerprint density at radius 2 is 1.81 bits per heavy atom. The largest absolute Gasteiger partial charge is 0.495 e. The molecular weight excluding hydrogens is 358 g/mol. The van der Waals surface area contributed by atoms with Crippen LogP contribution in [0, 0.1) is 0 Å². The molecular formula is C18H21NO6S. The van der Waals surface area contributed by atoms with E-state index in [0.717, 1.165) is 0 Å². The number of sulfonamides is 1. The van der Waals surface area contributed by atoms with Gasteiger partial charge in [0.1, 0.15) is 16.7 Å². The maximum Gasteiger partial charge on any atom is 0.322 e. The topological polar surface area (TPSA) is 102 Å². The first-order valence-corrected chi connectivity index (χ1v) is 9.30. The summed E-state index contributed by atoms with van der Waals surface area (Å²) in [4.78, 5) is 11.4. The molecule has 0 unspecified atom stereocenters. The van der Waals surface area contributed by atoms with Crippen molar-refractivity contribution in [2.75, 3.05) is 14.2 Å². The number of carboxylic acids is 1. The molecule has 0 aliphatic heterocycles. The van der Waals surface area contributed by atoms with Crippen LogP contribution in [0.15, 0.2) is 53.4 Å². The lowest BCUT2D eigenvalue weighted by Gasteiger charge is -2.17. The van der Waals surface area contributed by atoms with Crippen LogP contribution in [0.1, 0.15) is 11.1 Å². The molecule has 2 aromatic carbocycles. The third kappa shape index (κ3) is 5.04. The van der Waals surface area contributed by atoms with Crippen molar-refractivity contribution in [2.45, 2.75) is 24.0 Å². The van der Waals surface area contributed by atoms with Crippen molar-refractivity contribution in [1.29, 1.82) is 0 Å². The van der Waals surface area contributed by atoms with E-state index in [1.165, 1.54) is 26.4 Å². The predicted octanol–water partition coefficient (Wildman–Crippen LogP) is 1.82. The van der Waals surface area contributed by atoms with Gasteiger partial charge in [-0.05, 0) is 29.7 Å². The van der Waals surface area contributed by atoms with Crippen LogP contribution in [0.3, 0.4) is 0 Å².